The molecule has 0 spiro atoms. The molecule has 1 N–H and O–H groups in total. The molecule has 3 aromatic rings. The van der Waals surface area contributed by atoms with E-state index in [1.54, 1.807) is 25.0 Å². The number of methoxy groups -OCH3 is 1. The third kappa shape index (κ3) is 8.82. The van der Waals surface area contributed by atoms with Crippen LogP contribution in [0.3, 0.4) is 0 Å². The highest BCUT2D eigenvalue weighted by molar-refractivity contribution is 7.96. The average molecular weight is 813 g/mol. The van der Waals surface area contributed by atoms with E-state index in [0.717, 1.165) is 15.9 Å². The minimum Gasteiger partial charge on any atom is -0.477 e. The van der Waals surface area contributed by atoms with Gasteiger partial charge in [-0.1, -0.05) is 130 Å². The van der Waals surface area contributed by atoms with Gasteiger partial charge in [0.15, 0.2) is 14.1 Å². The molecule has 0 bridgehead atoms. The maximum Gasteiger partial charge on any atom is 0.410 e. The summed E-state index contributed by atoms with van der Waals surface area (Å²) in [6.07, 6.45) is 2.18. The number of ketones is 1. The number of β-lactam (4-membered cyclic amide) rings is 1. The maximum atomic E-state index is 14.9. The van der Waals surface area contributed by atoms with Crippen LogP contribution in [0.15, 0.2) is 115 Å². The zero-order chi connectivity index (χ0) is 41.7. The van der Waals surface area contributed by atoms with Gasteiger partial charge in [-0.25, -0.2) is 9.59 Å². The first-order chi connectivity index (χ1) is 27.0. The lowest BCUT2D eigenvalue weighted by atomic mass is 9.79. The number of carboxylic acids is 1. The monoisotopic (exact) mass is 812 g/mol. The fourth-order valence-corrected chi connectivity index (χ4v) is 13.5. The molecule has 2 amide bonds. The van der Waals surface area contributed by atoms with Crippen LogP contribution in [0, 0.1) is 5.92 Å². The number of nitrogens with zero attached hydrogens (tertiary/aromatic N) is 2. The lowest BCUT2D eigenvalue weighted by Crippen LogP contribution is -2.69. The summed E-state index contributed by atoms with van der Waals surface area (Å²) in [5.74, 6) is -2.68. The number of allylic oxidation sites excluding steroid dienone is 1. The summed E-state index contributed by atoms with van der Waals surface area (Å²) >= 11 is 0. The van der Waals surface area contributed by atoms with Crippen molar-refractivity contribution in [3.05, 3.63) is 115 Å². The van der Waals surface area contributed by atoms with E-state index >= 15 is 0 Å². The molecule has 5 rings (SSSR count). The highest BCUT2D eigenvalue weighted by Crippen LogP contribution is 2.50. The lowest BCUT2D eigenvalue weighted by Gasteiger charge is -2.52. The number of carbonyl (C=O) groups excluding carboxylic acids is 3. The van der Waals surface area contributed by atoms with Crippen molar-refractivity contribution in [2.75, 3.05) is 20.3 Å². The van der Waals surface area contributed by atoms with E-state index in [4.69, 9.17) is 13.9 Å². The van der Waals surface area contributed by atoms with E-state index < -0.39 is 51.4 Å². The van der Waals surface area contributed by atoms with Crippen LogP contribution in [-0.4, -0.2) is 96.9 Å². The maximum absolute atomic E-state index is 14.9. The molecule has 304 valence electrons. The van der Waals surface area contributed by atoms with Crippen LogP contribution in [-0.2, 0) is 28.3 Å². The van der Waals surface area contributed by atoms with Crippen LogP contribution in [0.2, 0.25) is 18.1 Å². The van der Waals surface area contributed by atoms with Crippen LogP contribution >= 0.6 is 6.89 Å². The quantitative estimate of drug-likeness (QED) is 0.0589. The van der Waals surface area contributed by atoms with Crippen molar-refractivity contribution in [1.29, 1.82) is 0 Å². The number of carbonyl (C=O) groups is 4. The number of benzene rings is 3. The number of hydrogen-bond donors (Lipinski definition) is 1. The fraction of sp³-hybridized carbons (Fsp3) is 0.400. The second-order valence-electron chi connectivity index (χ2n) is 16.3. The first kappa shape index (κ1) is 43.6. The number of ether oxygens (including phenoxy) is 2. The predicted octanol–water partition coefficient (Wildman–Crippen LogP) is 6.75. The molecule has 2 aliphatic rings. The summed E-state index contributed by atoms with van der Waals surface area (Å²) in [4.78, 5) is 59.5. The Balaban J connectivity index is 1.70. The van der Waals surface area contributed by atoms with E-state index in [1.807, 2.05) is 97.9 Å². The summed E-state index contributed by atoms with van der Waals surface area (Å²) in [5, 5.41) is 13.6. The van der Waals surface area contributed by atoms with Gasteiger partial charge in [0.25, 0.3) is 0 Å². The van der Waals surface area contributed by atoms with Gasteiger partial charge in [-0.3, -0.25) is 14.5 Å². The molecule has 2 saturated heterocycles. The van der Waals surface area contributed by atoms with E-state index in [-0.39, 0.29) is 41.3 Å². The Morgan fingerprint density at radius 2 is 1.46 bits per heavy atom. The SMILES string of the molecule is C=CCOC(=O)N1C[C@H](OC)C[C@H]1C=C(C)C(=O)C[C@@H]1[C@@H]([C@@H](C)O[Si](C)(C)C(C)(C)C)C(=O)N1C(C(=O)O)=P(c1ccccc1)(c1ccccc1)c1ccccc1. The predicted molar refractivity (Wildman–Crippen MR) is 230 cm³/mol. The lowest BCUT2D eigenvalue weighted by molar-refractivity contribution is -0.157. The number of rotatable bonds is 15. The van der Waals surface area contributed by atoms with Crippen molar-refractivity contribution in [1.82, 2.24) is 9.80 Å². The van der Waals surface area contributed by atoms with E-state index in [1.165, 1.54) is 11.0 Å². The molecule has 0 aliphatic carbocycles. The van der Waals surface area contributed by atoms with Crippen molar-refractivity contribution in [2.24, 2.45) is 5.92 Å². The van der Waals surface area contributed by atoms with Gasteiger partial charge >= 0.3 is 12.1 Å². The molecule has 0 unspecified atom stereocenters. The van der Waals surface area contributed by atoms with E-state index in [2.05, 4.69) is 40.4 Å². The molecule has 0 aromatic heterocycles. The summed E-state index contributed by atoms with van der Waals surface area (Å²) in [5.41, 5.74) is 0.336. The van der Waals surface area contributed by atoms with Crippen LogP contribution in [0.25, 0.3) is 0 Å². The van der Waals surface area contributed by atoms with Gasteiger partial charge in [-0.05, 0) is 59.9 Å². The molecule has 5 atom stereocenters. The van der Waals surface area contributed by atoms with Crippen molar-refractivity contribution in [2.45, 2.75) is 89.9 Å². The number of Topliss-reactive ketones (excluding diaryl/α,β-unsaturated/α-hetero) is 1. The van der Waals surface area contributed by atoms with Gasteiger partial charge in [-0.2, -0.15) is 0 Å². The Labute approximate surface area is 338 Å². The number of aliphatic carboxylic acids is 1. The van der Waals surface area contributed by atoms with Crippen molar-refractivity contribution >= 4 is 60.3 Å². The summed E-state index contributed by atoms with van der Waals surface area (Å²) < 4.78 is 17.7. The molecule has 12 heteroatoms. The Morgan fingerprint density at radius 3 is 1.89 bits per heavy atom. The topological polar surface area (TPSA) is 123 Å². The van der Waals surface area contributed by atoms with Crippen LogP contribution in [0.1, 0.15) is 47.5 Å². The first-order valence-corrected chi connectivity index (χ1v) is 24.2. The Hall–Kier alpha value is -4.54. The van der Waals surface area contributed by atoms with Crippen LogP contribution in [0.5, 0.6) is 0 Å². The fourth-order valence-electron chi connectivity index (χ4n) is 7.76. The van der Waals surface area contributed by atoms with Gasteiger partial charge in [0.05, 0.1) is 36.8 Å². The molecule has 0 saturated carbocycles. The van der Waals surface area contributed by atoms with Crippen molar-refractivity contribution in [3.8, 4) is 0 Å². The summed E-state index contributed by atoms with van der Waals surface area (Å²) in [6.45, 7) is 14.8. The molecule has 10 nitrogen and oxygen atoms in total. The third-order valence-electron chi connectivity index (χ3n) is 11.7. The number of likely N-dealkylation sites (tertiary alicyclic amines) is 2. The molecular weight excluding hydrogens is 756 g/mol. The van der Waals surface area contributed by atoms with Gasteiger partial charge in [0.2, 0.25) is 5.91 Å². The second-order valence-corrected chi connectivity index (χ2v) is 24.4. The molecule has 2 fully saturated rings. The second kappa shape index (κ2) is 17.9. The van der Waals surface area contributed by atoms with Crippen molar-refractivity contribution in [3.63, 3.8) is 0 Å². The molecule has 57 heavy (non-hydrogen) atoms. The minimum atomic E-state index is -3.29. The molecule has 0 radical (unpaired) electrons. The van der Waals surface area contributed by atoms with Gasteiger partial charge < -0.3 is 23.9 Å². The standard InChI is InChI=1S/C45H57N2O8PSi/c1-10-26-54-44(52)46-30-34(53-7)28-33(46)27-31(2)39(48)29-38-40(32(3)55-57(8,9)45(4,5)6)41(49)47(38)42(43(50)51)56(35-20-14-11-15-21-35,36-22-16-12-17-23-36)37-24-18-13-19-25-37/h10-25,27,32-34,38,40H,1,26,28-30H2,2-9H3,(H,50,51)/t32-,33-,34-,38-,40-/m1/s1. The normalized spacial score (nSPS) is 20.8. The third-order valence-corrected chi connectivity index (χ3v) is 20.5. The van der Waals surface area contributed by atoms with E-state index in [9.17, 15) is 24.3 Å². The first-order valence-electron chi connectivity index (χ1n) is 19.5. The number of hydrogen-bond acceptors (Lipinski definition) is 7. The number of amides is 2. The number of carboxylic acid groups (broad SMARTS) is 1. The Kier molecular flexibility index (Phi) is 13.7. The zero-order valence-electron chi connectivity index (χ0n) is 34.4. The largest absolute Gasteiger partial charge is 0.477 e. The van der Waals surface area contributed by atoms with Crippen molar-refractivity contribution < 1.29 is 38.2 Å². The molecule has 2 heterocycles. The van der Waals surface area contributed by atoms with Crippen LogP contribution in [0.4, 0.5) is 4.79 Å². The van der Waals surface area contributed by atoms with E-state index in [0.29, 0.717) is 18.5 Å². The molecular formula is C45H57N2O8PSi. The molecule has 3 aromatic carbocycles. The van der Waals surface area contributed by atoms with Crippen LogP contribution < -0.4 is 15.9 Å². The summed E-state index contributed by atoms with van der Waals surface area (Å²) in [6, 6.07) is 27.2. The molecule has 2 aliphatic heterocycles. The minimum absolute atomic E-state index is 0.0465. The van der Waals surface area contributed by atoms with Gasteiger partial charge in [0.1, 0.15) is 12.0 Å². The Morgan fingerprint density at radius 1 is 0.947 bits per heavy atom. The average Bonchev–Trinajstić information content (AvgIpc) is 3.60. The zero-order valence-corrected chi connectivity index (χ0v) is 36.3. The highest BCUT2D eigenvalue weighted by atomic mass is 31.2. The summed E-state index contributed by atoms with van der Waals surface area (Å²) in [7, 11) is -0.833. The van der Waals surface area contributed by atoms with Gasteiger partial charge in [0, 0.05) is 20.4 Å². The smallest absolute Gasteiger partial charge is 0.410 e. The van der Waals surface area contributed by atoms with Gasteiger partial charge in [-0.15, -0.1) is 0 Å². The Bertz CT molecular complexity index is 1930. The highest BCUT2D eigenvalue weighted by Gasteiger charge is 2.57.